The summed E-state index contributed by atoms with van der Waals surface area (Å²) in [4.78, 5) is 17.1. The van der Waals surface area contributed by atoms with E-state index in [2.05, 4.69) is 15.0 Å². The SMILES string of the molecule is Fc1ccc(-c2nc3c4cccnc4c4ncccc4c3[nH]2)cc1. The van der Waals surface area contributed by atoms with E-state index >= 15 is 0 Å². The van der Waals surface area contributed by atoms with Gasteiger partial charge in [-0.05, 0) is 48.5 Å². The number of hydrogen-bond donors (Lipinski definition) is 1. The van der Waals surface area contributed by atoms with Crippen LogP contribution >= 0.6 is 0 Å². The summed E-state index contributed by atoms with van der Waals surface area (Å²) in [6.07, 6.45) is 3.52. The lowest BCUT2D eigenvalue weighted by molar-refractivity contribution is 0.628. The maximum Gasteiger partial charge on any atom is 0.138 e. The van der Waals surface area contributed by atoms with Crippen LogP contribution in [-0.2, 0) is 0 Å². The molecule has 5 heteroatoms. The standard InChI is InChI=1S/C19H11FN4/c20-12-7-5-11(6-8-12)19-23-17-13-3-1-9-21-15(13)16-14(18(17)24-19)4-2-10-22-16/h1-10H,(H,23,24). The molecule has 3 heterocycles. The number of halogens is 1. The number of rotatable bonds is 1. The Morgan fingerprint density at radius 3 is 2.17 bits per heavy atom. The van der Waals surface area contributed by atoms with Crippen molar-refractivity contribution in [2.24, 2.45) is 0 Å². The number of nitrogens with zero attached hydrogens (tertiary/aromatic N) is 3. The molecular formula is C19H11FN4. The minimum Gasteiger partial charge on any atom is -0.337 e. The van der Waals surface area contributed by atoms with E-state index < -0.39 is 0 Å². The first-order valence-electron chi connectivity index (χ1n) is 7.58. The molecule has 0 atom stereocenters. The van der Waals surface area contributed by atoms with Crippen LogP contribution in [0.1, 0.15) is 0 Å². The Labute approximate surface area is 136 Å². The minimum atomic E-state index is -0.265. The van der Waals surface area contributed by atoms with Gasteiger partial charge in [-0.1, -0.05) is 0 Å². The quantitative estimate of drug-likeness (QED) is 0.465. The normalized spacial score (nSPS) is 11.5. The Morgan fingerprint density at radius 2 is 1.42 bits per heavy atom. The van der Waals surface area contributed by atoms with Gasteiger partial charge in [-0.2, -0.15) is 0 Å². The monoisotopic (exact) mass is 314 g/mol. The highest BCUT2D eigenvalue weighted by atomic mass is 19.1. The third kappa shape index (κ3) is 1.81. The molecular weight excluding hydrogens is 303 g/mol. The highest BCUT2D eigenvalue weighted by Gasteiger charge is 2.14. The van der Waals surface area contributed by atoms with Gasteiger partial charge in [0.25, 0.3) is 0 Å². The third-order valence-electron chi connectivity index (χ3n) is 4.19. The number of hydrogen-bond acceptors (Lipinski definition) is 3. The maximum absolute atomic E-state index is 13.2. The summed E-state index contributed by atoms with van der Waals surface area (Å²) in [5.74, 6) is 0.436. The number of aromatic amines is 1. The summed E-state index contributed by atoms with van der Waals surface area (Å²) in [6, 6.07) is 14.1. The zero-order chi connectivity index (χ0) is 16.1. The predicted octanol–water partition coefficient (Wildman–Crippen LogP) is 4.47. The highest BCUT2D eigenvalue weighted by Crippen LogP contribution is 2.33. The molecule has 2 aromatic carbocycles. The van der Waals surface area contributed by atoms with Crippen LogP contribution in [0.4, 0.5) is 4.39 Å². The highest BCUT2D eigenvalue weighted by molar-refractivity contribution is 6.20. The van der Waals surface area contributed by atoms with Crippen molar-refractivity contribution < 1.29 is 4.39 Å². The molecule has 4 nitrogen and oxygen atoms in total. The number of fused-ring (bicyclic) bond motifs is 6. The van der Waals surface area contributed by atoms with Gasteiger partial charge < -0.3 is 4.98 Å². The molecule has 24 heavy (non-hydrogen) atoms. The largest absolute Gasteiger partial charge is 0.337 e. The molecule has 0 aliphatic heterocycles. The lowest BCUT2D eigenvalue weighted by Crippen LogP contribution is -1.86. The first-order chi connectivity index (χ1) is 11.8. The fourth-order valence-electron chi connectivity index (χ4n) is 3.09. The molecule has 5 aromatic rings. The Hall–Kier alpha value is -3.34. The van der Waals surface area contributed by atoms with Crippen molar-refractivity contribution in [3.8, 4) is 11.4 Å². The van der Waals surface area contributed by atoms with Crippen LogP contribution in [-0.4, -0.2) is 19.9 Å². The summed E-state index contributed by atoms with van der Waals surface area (Å²) in [6.45, 7) is 0. The third-order valence-corrected chi connectivity index (χ3v) is 4.19. The van der Waals surface area contributed by atoms with Gasteiger partial charge in [-0.25, -0.2) is 9.37 Å². The number of benzene rings is 2. The van der Waals surface area contributed by atoms with Gasteiger partial charge in [0, 0.05) is 28.7 Å². The van der Waals surface area contributed by atoms with Crippen LogP contribution < -0.4 is 0 Å². The number of imidazole rings is 1. The van der Waals surface area contributed by atoms with Crippen molar-refractivity contribution in [2.75, 3.05) is 0 Å². The lowest BCUT2D eigenvalue weighted by Gasteiger charge is -2.03. The average molecular weight is 314 g/mol. The first-order valence-corrected chi connectivity index (χ1v) is 7.58. The van der Waals surface area contributed by atoms with Crippen LogP contribution in [0.25, 0.3) is 44.2 Å². The molecule has 0 spiro atoms. The van der Waals surface area contributed by atoms with Crippen molar-refractivity contribution in [1.29, 1.82) is 0 Å². The Kier molecular flexibility index (Phi) is 2.64. The topological polar surface area (TPSA) is 54.5 Å². The molecule has 114 valence electrons. The number of H-pyrrole nitrogens is 1. The molecule has 0 fully saturated rings. The molecule has 0 saturated heterocycles. The van der Waals surface area contributed by atoms with E-state index in [9.17, 15) is 4.39 Å². The fraction of sp³-hybridized carbons (Fsp3) is 0. The van der Waals surface area contributed by atoms with Crippen molar-refractivity contribution in [3.05, 3.63) is 66.7 Å². The second-order valence-electron chi connectivity index (χ2n) is 5.62. The van der Waals surface area contributed by atoms with Gasteiger partial charge in [0.1, 0.15) is 11.6 Å². The van der Waals surface area contributed by atoms with Gasteiger partial charge in [0.15, 0.2) is 0 Å². The van der Waals surface area contributed by atoms with Crippen LogP contribution in [0.3, 0.4) is 0 Å². The summed E-state index contributed by atoms with van der Waals surface area (Å²) < 4.78 is 13.2. The summed E-state index contributed by atoms with van der Waals surface area (Å²) in [7, 11) is 0. The molecule has 0 radical (unpaired) electrons. The van der Waals surface area contributed by atoms with Gasteiger partial charge >= 0.3 is 0 Å². The Morgan fingerprint density at radius 1 is 0.750 bits per heavy atom. The molecule has 0 aliphatic rings. The predicted molar refractivity (Wildman–Crippen MR) is 92.1 cm³/mol. The zero-order valence-electron chi connectivity index (χ0n) is 12.5. The van der Waals surface area contributed by atoms with E-state index in [0.29, 0.717) is 5.82 Å². The first kappa shape index (κ1) is 13.1. The van der Waals surface area contributed by atoms with Crippen molar-refractivity contribution >= 4 is 32.8 Å². The van der Waals surface area contributed by atoms with Gasteiger partial charge in [-0.15, -0.1) is 0 Å². The molecule has 5 rings (SSSR count). The Bertz CT molecular complexity index is 1140. The molecule has 0 amide bonds. The molecule has 3 aromatic heterocycles. The van der Waals surface area contributed by atoms with Crippen LogP contribution in [0, 0.1) is 5.82 Å². The van der Waals surface area contributed by atoms with Gasteiger partial charge in [0.05, 0.1) is 22.1 Å². The summed E-state index contributed by atoms with van der Waals surface area (Å²) in [5.41, 5.74) is 4.27. The summed E-state index contributed by atoms with van der Waals surface area (Å²) >= 11 is 0. The average Bonchev–Trinajstić information content (AvgIpc) is 3.08. The van der Waals surface area contributed by atoms with E-state index in [-0.39, 0.29) is 5.82 Å². The Balaban J connectivity index is 1.93. The van der Waals surface area contributed by atoms with Crippen LogP contribution in [0.15, 0.2) is 60.9 Å². The van der Waals surface area contributed by atoms with E-state index in [1.54, 1.807) is 24.5 Å². The van der Waals surface area contributed by atoms with E-state index in [1.807, 2.05) is 24.3 Å². The minimum absolute atomic E-state index is 0.265. The molecule has 0 unspecified atom stereocenters. The van der Waals surface area contributed by atoms with E-state index in [4.69, 9.17) is 4.98 Å². The van der Waals surface area contributed by atoms with E-state index in [1.165, 1.54) is 12.1 Å². The summed E-state index contributed by atoms with van der Waals surface area (Å²) in [5, 5.41) is 1.92. The second kappa shape index (κ2) is 4.83. The van der Waals surface area contributed by atoms with Crippen molar-refractivity contribution in [3.63, 3.8) is 0 Å². The van der Waals surface area contributed by atoms with E-state index in [0.717, 1.165) is 38.4 Å². The van der Waals surface area contributed by atoms with Crippen molar-refractivity contribution in [1.82, 2.24) is 19.9 Å². The second-order valence-corrected chi connectivity index (χ2v) is 5.62. The molecule has 0 saturated carbocycles. The van der Waals surface area contributed by atoms with Gasteiger partial charge in [0.2, 0.25) is 0 Å². The van der Waals surface area contributed by atoms with Crippen molar-refractivity contribution in [2.45, 2.75) is 0 Å². The smallest absolute Gasteiger partial charge is 0.138 e. The number of aromatic nitrogens is 4. The zero-order valence-corrected chi connectivity index (χ0v) is 12.5. The molecule has 1 N–H and O–H groups in total. The maximum atomic E-state index is 13.2. The fourth-order valence-corrected chi connectivity index (χ4v) is 3.09. The lowest BCUT2D eigenvalue weighted by atomic mass is 10.1. The van der Waals surface area contributed by atoms with Crippen LogP contribution in [0.5, 0.6) is 0 Å². The molecule has 0 bridgehead atoms. The molecule has 0 aliphatic carbocycles. The van der Waals surface area contributed by atoms with Crippen LogP contribution in [0.2, 0.25) is 0 Å². The number of pyridine rings is 2. The van der Waals surface area contributed by atoms with Gasteiger partial charge in [-0.3, -0.25) is 9.97 Å². The number of nitrogens with one attached hydrogen (secondary N) is 1.